The summed E-state index contributed by atoms with van der Waals surface area (Å²) in [6.07, 6.45) is 1.65. The first-order valence-corrected chi connectivity index (χ1v) is 8.67. The SMILES string of the molecule is CCCNC(=O)c1ccccc1C(C(=O)O)C(=O)Nc1ncc([N+](=O)[O-])s1. The molecule has 2 amide bonds. The Morgan fingerprint density at radius 2 is 2.04 bits per heavy atom. The van der Waals surface area contributed by atoms with Crippen molar-refractivity contribution in [3.05, 3.63) is 51.7 Å². The van der Waals surface area contributed by atoms with Crippen molar-refractivity contribution in [2.75, 3.05) is 11.9 Å². The normalized spacial score (nSPS) is 11.4. The van der Waals surface area contributed by atoms with Crippen molar-refractivity contribution in [3.8, 4) is 0 Å². The van der Waals surface area contributed by atoms with E-state index in [0.717, 1.165) is 6.20 Å². The number of carboxylic acids is 1. The number of nitrogens with zero attached hydrogens (tertiary/aromatic N) is 2. The number of benzene rings is 1. The lowest BCUT2D eigenvalue weighted by molar-refractivity contribution is -0.380. The lowest BCUT2D eigenvalue weighted by atomic mass is 9.93. The molecular weight excluding hydrogens is 376 g/mol. The highest BCUT2D eigenvalue weighted by molar-refractivity contribution is 7.18. The predicted octanol–water partition coefficient (Wildman–Crippen LogP) is 2.00. The Balaban J connectivity index is 2.31. The molecule has 0 aliphatic heterocycles. The molecule has 27 heavy (non-hydrogen) atoms. The highest BCUT2D eigenvalue weighted by Crippen LogP contribution is 2.27. The number of aliphatic carboxylic acids is 1. The molecule has 1 atom stereocenters. The lowest BCUT2D eigenvalue weighted by Crippen LogP contribution is -2.31. The van der Waals surface area contributed by atoms with E-state index in [0.29, 0.717) is 24.3 Å². The molecule has 142 valence electrons. The molecule has 1 unspecified atom stereocenters. The summed E-state index contributed by atoms with van der Waals surface area (Å²) in [7, 11) is 0. The first kappa shape index (κ1) is 20.0. The maximum absolute atomic E-state index is 12.5. The van der Waals surface area contributed by atoms with E-state index in [2.05, 4.69) is 15.6 Å². The Morgan fingerprint density at radius 3 is 2.63 bits per heavy atom. The van der Waals surface area contributed by atoms with E-state index in [9.17, 15) is 29.6 Å². The fraction of sp³-hybridized carbons (Fsp3) is 0.250. The summed E-state index contributed by atoms with van der Waals surface area (Å²) >= 11 is 0.601. The van der Waals surface area contributed by atoms with Gasteiger partial charge in [-0.05, 0) is 29.4 Å². The van der Waals surface area contributed by atoms with Crippen LogP contribution in [0.3, 0.4) is 0 Å². The third kappa shape index (κ3) is 4.85. The molecule has 0 fully saturated rings. The Labute approximate surface area is 157 Å². The maximum Gasteiger partial charge on any atom is 0.345 e. The molecule has 10 nitrogen and oxygen atoms in total. The van der Waals surface area contributed by atoms with Crippen LogP contribution in [0.15, 0.2) is 30.5 Å². The van der Waals surface area contributed by atoms with Crippen molar-refractivity contribution >= 4 is 39.3 Å². The number of carbonyl (C=O) groups is 3. The number of nitro groups is 1. The second-order valence-corrected chi connectivity index (χ2v) is 6.37. The minimum Gasteiger partial charge on any atom is -0.480 e. The summed E-state index contributed by atoms with van der Waals surface area (Å²) in [6.45, 7) is 2.27. The number of thiazole rings is 1. The molecule has 0 aliphatic carbocycles. The number of rotatable bonds is 8. The van der Waals surface area contributed by atoms with Crippen LogP contribution in [0.4, 0.5) is 10.1 Å². The first-order valence-electron chi connectivity index (χ1n) is 7.86. The Hall–Kier alpha value is -3.34. The molecule has 1 aromatic carbocycles. The minimum absolute atomic E-state index is 0.0159. The van der Waals surface area contributed by atoms with Crippen LogP contribution in [0.25, 0.3) is 0 Å². The molecule has 0 spiro atoms. The van der Waals surface area contributed by atoms with Crippen LogP contribution in [-0.2, 0) is 9.59 Å². The topological polar surface area (TPSA) is 152 Å². The Kier molecular flexibility index (Phi) is 6.55. The van der Waals surface area contributed by atoms with Crippen molar-refractivity contribution in [2.24, 2.45) is 0 Å². The van der Waals surface area contributed by atoms with E-state index >= 15 is 0 Å². The Bertz CT molecular complexity index is 881. The van der Waals surface area contributed by atoms with Gasteiger partial charge in [-0.25, -0.2) is 4.98 Å². The van der Waals surface area contributed by atoms with Crippen molar-refractivity contribution in [2.45, 2.75) is 19.3 Å². The first-order chi connectivity index (χ1) is 12.8. The number of amides is 2. The van der Waals surface area contributed by atoms with Crippen LogP contribution in [-0.4, -0.2) is 39.3 Å². The monoisotopic (exact) mass is 392 g/mol. The second-order valence-electron chi connectivity index (χ2n) is 5.36. The lowest BCUT2D eigenvalue weighted by Gasteiger charge is -2.16. The van der Waals surface area contributed by atoms with Gasteiger partial charge in [0.25, 0.3) is 5.91 Å². The molecule has 2 rings (SSSR count). The maximum atomic E-state index is 12.5. The quantitative estimate of drug-likeness (QED) is 0.353. The number of carbonyl (C=O) groups excluding carboxylic acids is 2. The minimum atomic E-state index is -1.68. The zero-order valence-electron chi connectivity index (χ0n) is 14.2. The van der Waals surface area contributed by atoms with E-state index in [1.54, 1.807) is 6.07 Å². The van der Waals surface area contributed by atoms with Gasteiger partial charge in [-0.2, -0.15) is 0 Å². The number of aromatic nitrogens is 1. The van der Waals surface area contributed by atoms with E-state index in [-0.39, 0.29) is 21.3 Å². The largest absolute Gasteiger partial charge is 0.480 e. The van der Waals surface area contributed by atoms with E-state index in [1.807, 2.05) is 6.92 Å². The number of hydrogen-bond acceptors (Lipinski definition) is 7. The Morgan fingerprint density at radius 1 is 1.33 bits per heavy atom. The van der Waals surface area contributed by atoms with Crippen LogP contribution in [0, 0.1) is 10.1 Å². The van der Waals surface area contributed by atoms with Gasteiger partial charge in [-0.3, -0.25) is 24.5 Å². The third-order valence-electron chi connectivity index (χ3n) is 3.46. The van der Waals surface area contributed by atoms with Crippen molar-refractivity contribution in [1.29, 1.82) is 0 Å². The summed E-state index contributed by atoms with van der Waals surface area (Å²) < 4.78 is 0. The van der Waals surface area contributed by atoms with Gasteiger partial charge in [0.05, 0.1) is 4.92 Å². The van der Waals surface area contributed by atoms with Crippen molar-refractivity contribution in [3.63, 3.8) is 0 Å². The smallest absolute Gasteiger partial charge is 0.345 e. The summed E-state index contributed by atoms with van der Waals surface area (Å²) in [4.78, 5) is 50.2. The molecule has 1 aromatic heterocycles. The molecule has 11 heteroatoms. The highest BCUT2D eigenvalue weighted by Gasteiger charge is 2.32. The predicted molar refractivity (Wildman–Crippen MR) is 96.8 cm³/mol. The van der Waals surface area contributed by atoms with Gasteiger partial charge < -0.3 is 15.7 Å². The fourth-order valence-electron chi connectivity index (χ4n) is 2.26. The number of hydrogen-bond donors (Lipinski definition) is 3. The van der Waals surface area contributed by atoms with Crippen LogP contribution < -0.4 is 10.6 Å². The fourth-order valence-corrected chi connectivity index (χ4v) is 2.90. The van der Waals surface area contributed by atoms with Crippen LogP contribution >= 0.6 is 11.3 Å². The average Bonchev–Trinajstić information content (AvgIpc) is 3.08. The molecule has 0 radical (unpaired) electrons. The zero-order valence-corrected chi connectivity index (χ0v) is 15.0. The van der Waals surface area contributed by atoms with E-state index in [1.165, 1.54) is 18.2 Å². The van der Waals surface area contributed by atoms with Crippen LogP contribution in [0.5, 0.6) is 0 Å². The molecule has 3 N–H and O–H groups in total. The molecule has 0 saturated heterocycles. The average molecular weight is 392 g/mol. The second kappa shape index (κ2) is 8.85. The third-order valence-corrected chi connectivity index (χ3v) is 4.33. The van der Waals surface area contributed by atoms with Crippen LogP contribution in [0.1, 0.15) is 35.2 Å². The van der Waals surface area contributed by atoms with Gasteiger partial charge in [0.1, 0.15) is 6.20 Å². The number of carboxylic acid groups (broad SMARTS) is 1. The summed E-state index contributed by atoms with van der Waals surface area (Å²) in [5.74, 6) is -4.59. The molecule has 1 heterocycles. The molecular formula is C16H16N4O6S. The summed E-state index contributed by atoms with van der Waals surface area (Å²) in [5, 5.41) is 24.7. The molecule has 2 aromatic rings. The number of nitrogens with one attached hydrogen (secondary N) is 2. The molecule has 0 saturated carbocycles. The van der Waals surface area contributed by atoms with Crippen LogP contribution in [0.2, 0.25) is 0 Å². The summed E-state index contributed by atoms with van der Waals surface area (Å²) in [5.41, 5.74) is 0.0841. The van der Waals surface area contributed by atoms with Gasteiger partial charge in [0.15, 0.2) is 11.0 Å². The number of anilines is 1. The highest BCUT2D eigenvalue weighted by atomic mass is 32.1. The van der Waals surface area contributed by atoms with Gasteiger partial charge in [-0.15, -0.1) is 0 Å². The van der Waals surface area contributed by atoms with E-state index in [4.69, 9.17) is 0 Å². The molecule has 0 aliphatic rings. The zero-order chi connectivity index (χ0) is 20.0. The van der Waals surface area contributed by atoms with Crippen molar-refractivity contribution < 1.29 is 24.4 Å². The van der Waals surface area contributed by atoms with Gasteiger partial charge >= 0.3 is 11.0 Å². The van der Waals surface area contributed by atoms with Gasteiger partial charge in [0, 0.05) is 12.1 Å². The van der Waals surface area contributed by atoms with Gasteiger partial charge in [0.2, 0.25) is 5.91 Å². The van der Waals surface area contributed by atoms with E-state index < -0.39 is 28.6 Å². The van der Waals surface area contributed by atoms with Crippen molar-refractivity contribution in [1.82, 2.24) is 10.3 Å². The molecule has 0 bridgehead atoms. The standard InChI is InChI=1S/C16H16N4O6S/c1-2-7-17-13(21)10-6-4-3-5-9(10)12(15(23)24)14(22)19-16-18-8-11(27-16)20(25)26/h3-6,8,12H,2,7H2,1H3,(H,17,21)(H,23,24)(H,18,19,22). The van der Waals surface area contributed by atoms with Gasteiger partial charge in [-0.1, -0.05) is 25.1 Å². The summed E-state index contributed by atoms with van der Waals surface area (Å²) in [6, 6.07) is 5.88.